The maximum atomic E-state index is 4.27. The van der Waals surface area contributed by atoms with Crippen molar-refractivity contribution in [3.05, 3.63) is 18.0 Å². The highest BCUT2D eigenvalue weighted by Gasteiger charge is 2.37. The van der Waals surface area contributed by atoms with Crippen molar-refractivity contribution < 1.29 is 0 Å². The highest BCUT2D eigenvalue weighted by Crippen LogP contribution is 2.33. The van der Waals surface area contributed by atoms with Gasteiger partial charge in [-0.25, -0.2) is 0 Å². The third-order valence-corrected chi connectivity index (χ3v) is 4.95. The van der Waals surface area contributed by atoms with E-state index in [2.05, 4.69) is 28.6 Å². The minimum atomic E-state index is 0.741. The number of rotatable bonds is 4. The number of aryl methyl sites for hydroxylation is 1. The summed E-state index contributed by atoms with van der Waals surface area (Å²) in [6.45, 7) is 1.21. The molecule has 0 saturated carbocycles. The lowest BCUT2D eigenvalue weighted by molar-refractivity contribution is 0.0271. The third kappa shape index (κ3) is 2.84. The minimum absolute atomic E-state index is 0.741. The fourth-order valence-corrected chi connectivity index (χ4v) is 3.94. The van der Waals surface area contributed by atoms with Crippen molar-refractivity contribution in [3.63, 3.8) is 0 Å². The topological polar surface area (TPSA) is 33.1 Å². The molecule has 1 aromatic rings. The van der Waals surface area contributed by atoms with Crippen molar-refractivity contribution in [2.75, 3.05) is 13.6 Å². The molecular formula is C15H26N4. The van der Waals surface area contributed by atoms with Crippen LogP contribution in [-0.4, -0.2) is 46.4 Å². The second kappa shape index (κ2) is 5.63. The molecule has 0 radical (unpaired) electrons. The summed E-state index contributed by atoms with van der Waals surface area (Å²) in [7, 11) is 4.11. The standard InChI is InChI=1S/C15H26N4/c1-16-13-8-14-4-3-5-15(9-13)19(14)7-6-12-10-17-18(2)11-12/h10-11,13-16H,3-9H2,1-2H3. The van der Waals surface area contributed by atoms with Gasteiger partial charge < -0.3 is 5.32 Å². The molecule has 2 fully saturated rings. The highest BCUT2D eigenvalue weighted by atomic mass is 15.2. The Hall–Kier alpha value is -0.870. The quantitative estimate of drug-likeness (QED) is 0.894. The van der Waals surface area contributed by atoms with Gasteiger partial charge in [-0.1, -0.05) is 6.42 Å². The van der Waals surface area contributed by atoms with Crippen LogP contribution in [0.3, 0.4) is 0 Å². The lowest BCUT2D eigenvalue weighted by atomic mass is 9.81. The Balaban J connectivity index is 1.61. The molecule has 0 amide bonds. The lowest BCUT2D eigenvalue weighted by Crippen LogP contribution is -2.56. The van der Waals surface area contributed by atoms with Crippen LogP contribution >= 0.6 is 0 Å². The van der Waals surface area contributed by atoms with E-state index in [0.29, 0.717) is 0 Å². The summed E-state index contributed by atoms with van der Waals surface area (Å²) in [5, 5.41) is 7.76. The normalized spacial score (nSPS) is 31.6. The molecule has 2 saturated heterocycles. The molecule has 3 heterocycles. The molecule has 4 heteroatoms. The number of piperidine rings is 2. The van der Waals surface area contributed by atoms with Crippen LogP contribution in [0.4, 0.5) is 0 Å². The summed E-state index contributed by atoms with van der Waals surface area (Å²) in [6.07, 6.45) is 12.2. The maximum absolute atomic E-state index is 4.27. The van der Waals surface area contributed by atoms with Crippen LogP contribution in [0.2, 0.25) is 0 Å². The molecule has 2 unspecified atom stereocenters. The van der Waals surface area contributed by atoms with E-state index in [1.54, 1.807) is 0 Å². The first-order valence-corrected chi connectivity index (χ1v) is 7.67. The van der Waals surface area contributed by atoms with E-state index in [1.807, 2.05) is 17.9 Å². The second-order valence-electron chi connectivity index (χ2n) is 6.21. The Kier molecular flexibility index (Phi) is 3.89. The smallest absolute Gasteiger partial charge is 0.0522 e. The highest BCUT2D eigenvalue weighted by molar-refractivity contribution is 5.05. The van der Waals surface area contributed by atoms with Gasteiger partial charge in [-0.3, -0.25) is 9.58 Å². The predicted octanol–water partition coefficient (Wildman–Crippen LogP) is 1.57. The van der Waals surface area contributed by atoms with Crippen molar-refractivity contribution in [3.8, 4) is 0 Å². The van der Waals surface area contributed by atoms with Crippen molar-refractivity contribution in [1.82, 2.24) is 20.0 Å². The van der Waals surface area contributed by atoms with E-state index < -0.39 is 0 Å². The molecule has 4 nitrogen and oxygen atoms in total. The minimum Gasteiger partial charge on any atom is -0.317 e. The summed E-state index contributed by atoms with van der Waals surface area (Å²) < 4.78 is 1.91. The fraction of sp³-hybridized carbons (Fsp3) is 0.800. The van der Waals surface area contributed by atoms with Gasteiger partial charge in [-0.2, -0.15) is 5.10 Å². The van der Waals surface area contributed by atoms with Crippen LogP contribution in [0.5, 0.6) is 0 Å². The van der Waals surface area contributed by atoms with Crippen molar-refractivity contribution in [1.29, 1.82) is 0 Å². The van der Waals surface area contributed by atoms with Crippen LogP contribution in [0, 0.1) is 0 Å². The number of hydrogen-bond acceptors (Lipinski definition) is 3. The molecule has 19 heavy (non-hydrogen) atoms. The Bertz CT molecular complexity index is 400. The van der Waals surface area contributed by atoms with Crippen LogP contribution in [0.15, 0.2) is 12.4 Å². The predicted molar refractivity (Wildman–Crippen MR) is 77.1 cm³/mol. The molecule has 2 aliphatic heterocycles. The first-order chi connectivity index (χ1) is 9.26. The van der Waals surface area contributed by atoms with Gasteiger partial charge in [-0.15, -0.1) is 0 Å². The maximum Gasteiger partial charge on any atom is 0.0522 e. The van der Waals surface area contributed by atoms with E-state index in [1.165, 1.54) is 44.2 Å². The Labute approximate surface area is 116 Å². The SMILES string of the molecule is CNC1CC2CCCC(C1)N2CCc1cnn(C)c1. The molecule has 0 aromatic carbocycles. The molecule has 0 spiro atoms. The fourth-order valence-electron chi connectivity index (χ4n) is 3.94. The lowest BCUT2D eigenvalue weighted by Gasteiger charge is -2.49. The summed E-state index contributed by atoms with van der Waals surface area (Å²) in [4.78, 5) is 2.78. The number of fused-ring (bicyclic) bond motifs is 2. The molecule has 106 valence electrons. The van der Waals surface area contributed by atoms with Gasteiger partial charge in [0.25, 0.3) is 0 Å². The molecule has 3 rings (SSSR count). The summed E-state index contributed by atoms with van der Waals surface area (Å²) in [5.74, 6) is 0. The molecule has 0 aliphatic carbocycles. The van der Waals surface area contributed by atoms with Crippen LogP contribution in [-0.2, 0) is 13.5 Å². The van der Waals surface area contributed by atoms with Crippen molar-refractivity contribution >= 4 is 0 Å². The second-order valence-corrected chi connectivity index (χ2v) is 6.21. The number of aromatic nitrogens is 2. The van der Waals surface area contributed by atoms with E-state index in [4.69, 9.17) is 0 Å². The van der Waals surface area contributed by atoms with Crippen LogP contribution in [0.1, 0.15) is 37.7 Å². The van der Waals surface area contributed by atoms with Gasteiger partial charge >= 0.3 is 0 Å². The van der Waals surface area contributed by atoms with Gasteiger partial charge in [0, 0.05) is 37.9 Å². The third-order valence-electron chi connectivity index (χ3n) is 4.95. The van der Waals surface area contributed by atoms with E-state index >= 15 is 0 Å². The molecule has 2 bridgehead atoms. The molecular weight excluding hydrogens is 236 g/mol. The molecule has 2 atom stereocenters. The van der Waals surface area contributed by atoms with E-state index in [0.717, 1.165) is 24.5 Å². The first kappa shape index (κ1) is 13.1. The van der Waals surface area contributed by atoms with Crippen molar-refractivity contribution in [2.24, 2.45) is 7.05 Å². The zero-order chi connectivity index (χ0) is 13.2. The Morgan fingerprint density at radius 3 is 2.63 bits per heavy atom. The zero-order valence-corrected chi connectivity index (χ0v) is 12.2. The van der Waals surface area contributed by atoms with Crippen LogP contribution < -0.4 is 5.32 Å². The van der Waals surface area contributed by atoms with Gasteiger partial charge in [0.15, 0.2) is 0 Å². The summed E-state index contributed by atoms with van der Waals surface area (Å²) >= 11 is 0. The summed E-state index contributed by atoms with van der Waals surface area (Å²) in [5.41, 5.74) is 1.37. The molecule has 1 N–H and O–H groups in total. The average molecular weight is 262 g/mol. The zero-order valence-electron chi connectivity index (χ0n) is 12.2. The average Bonchev–Trinajstić information content (AvgIpc) is 2.81. The van der Waals surface area contributed by atoms with Gasteiger partial charge in [0.1, 0.15) is 0 Å². The van der Waals surface area contributed by atoms with Crippen LogP contribution in [0.25, 0.3) is 0 Å². The molecule has 2 aliphatic rings. The van der Waals surface area contributed by atoms with E-state index in [-0.39, 0.29) is 0 Å². The molecule has 1 aromatic heterocycles. The first-order valence-electron chi connectivity index (χ1n) is 7.67. The number of nitrogens with one attached hydrogen (secondary N) is 1. The number of nitrogens with zero attached hydrogens (tertiary/aromatic N) is 3. The Morgan fingerprint density at radius 2 is 2.05 bits per heavy atom. The van der Waals surface area contributed by atoms with Gasteiger partial charge in [-0.05, 0) is 44.7 Å². The van der Waals surface area contributed by atoms with Gasteiger partial charge in [0.2, 0.25) is 0 Å². The van der Waals surface area contributed by atoms with Gasteiger partial charge in [0.05, 0.1) is 6.20 Å². The van der Waals surface area contributed by atoms with E-state index in [9.17, 15) is 0 Å². The number of hydrogen-bond donors (Lipinski definition) is 1. The van der Waals surface area contributed by atoms with Crippen molar-refractivity contribution in [2.45, 2.75) is 56.7 Å². The monoisotopic (exact) mass is 262 g/mol. The largest absolute Gasteiger partial charge is 0.317 e. The summed E-state index contributed by atoms with van der Waals surface area (Å²) in [6, 6.07) is 2.35. The Morgan fingerprint density at radius 1 is 1.32 bits per heavy atom.